The minimum absolute atomic E-state index is 0. The van der Waals surface area contributed by atoms with Crippen molar-refractivity contribution in [3.05, 3.63) is 0 Å². The van der Waals surface area contributed by atoms with E-state index in [2.05, 4.69) is 33.0 Å². The zero-order valence-electron chi connectivity index (χ0n) is 11.1. The van der Waals surface area contributed by atoms with Crippen molar-refractivity contribution in [3.63, 3.8) is 0 Å². The van der Waals surface area contributed by atoms with Crippen molar-refractivity contribution in [2.24, 2.45) is 22.5 Å². The zero-order chi connectivity index (χ0) is 12.0. The Morgan fingerprint density at radius 3 is 1.81 bits per heavy atom. The maximum absolute atomic E-state index is 11.8. The molecular weight excluding hydrogens is 224 g/mol. The molecule has 0 bridgehead atoms. The van der Waals surface area contributed by atoms with Crippen LogP contribution in [0.15, 0.2) is 0 Å². The first-order valence-corrected chi connectivity index (χ1v) is 5.68. The third-order valence-electron chi connectivity index (χ3n) is 4.33. The third kappa shape index (κ3) is 2.35. The van der Waals surface area contributed by atoms with Crippen molar-refractivity contribution in [2.75, 3.05) is 0 Å². The molecule has 0 aliphatic heterocycles. The van der Waals surface area contributed by atoms with E-state index in [0.29, 0.717) is 0 Å². The van der Waals surface area contributed by atoms with E-state index < -0.39 is 6.04 Å². The minimum Gasteiger partial charge on any atom is -0.351 e. The van der Waals surface area contributed by atoms with Crippen molar-refractivity contribution in [1.29, 1.82) is 0 Å². The normalized spacial score (nSPS) is 23.5. The van der Waals surface area contributed by atoms with Crippen LogP contribution >= 0.6 is 12.4 Å². The van der Waals surface area contributed by atoms with Gasteiger partial charge in [-0.3, -0.25) is 4.79 Å². The smallest absolute Gasteiger partial charge is 0.237 e. The molecule has 0 aromatic heterocycles. The molecule has 3 nitrogen and oxygen atoms in total. The molecule has 0 saturated heterocycles. The van der Waals surface area contributed by atoms with Crippen molar-refractivity contribution < 1.29 is 4.79 Å². The fourth-order valence-electron chi connectivity index (χ4n) is 2.10. The predicted molar refractivity (Wildman–Crippen MR) is 69.6 cm³/mol. The fourth-order valence-corrected chi connectivity index (χ4v) is 2.10. The van der Waals surface area contributed by atoms with E-state index in [0.717, 1.165) is 0 Å². The third-order valence-corrected chi connectivity index (χ3v) is 4.33. The molecule has 3 N–H and O–H groups in total. The van der Waals surface area contributed by atoms with Gasteiger partial charge in [-0.1, -0.05) is 41.5 Å². The lowest BCUT2D eigenvalue weighted by Gasteiger charge is -2.16. The minimum atomic E-state index is -0.391. The van der Waals surface area contributed by atoms with Crippen molar-refractivity contribution in [2.45, 2.75) is 53.6 Å². The summed E-state index contributed by atoms with van der Waals surface area (Å²) in [6.45, 7) is 12.6. The maximum Gasteiger partial charge on any atom is 0.237 e. The van der Waals surface area contributed by atoms with Gasteiger partial charge in [0.1, 0.15) is 0 Å². The molecule has 16 heavy (non-hydrogen) atoms. The van der Waals surface area contributed by atoms with Gasteiger partial charge in [0.25, 0.3) is 0 Å². The lowest BCUT2D eigenvalue weighted by molar-refractivity contribution is -0.123. The summed E-state index contributed by atoms with van der Waals surface area (Å²) in [6.07, 6.45) is 0. The molecule has 96 valence electrons. The maximum atomic E-state index is 11.8. The highest BCUT2D eigenvalue weighted by Gasteiger charge is 2.65. The molecule has 0 spiro atoms. The van der Waals surface area contributed by atoms with Gasteiger partial charge in [0.05, 0.1) is 6.04 Å². The average molecular weight is 249 g/mol. The van der Waals surface area contributed by atoms with Crippen molar-refractivity contribution in [1.82, 2.24) is 5.32 Å². The first-order chi connectivity index (χ1) is 6.62. The Bertz CT molecular complexity index is 260. The van der Waals surface area contributed by atoms with Crippen LogP contribution in [0.25, 0.3) is 0 Å². The number of hydrogen-bond donors (Lipinski definition) is 2. The SMILES string of the molecule is CC(C)[C@H](N)C(=O)NC1C(C)(C)C1(C)C.Cl. The second kappa shape index (κ2) is 4.53. The first kappa shape index (κ1) is 15.7. The number of rotatable bonds is 3. The molecule has 1 amide bonds. The van der Waals surface area contributed by atoms with Crippen LogP contribution in [0, 0.1) is 16.7 Å². The number of carbonyl (C=O) groups is 1. The summed E-state index contributed by atoms with van der Waals surface area (Å²) >= 11 is 0. The summed E-state index contributed by atoms with van der Waals surface area (Å²) in [5.41, 5.74) is 6.16. The number of nitrogens with one attached hydrogen (secondary N) is 1. The summed E-state index contributed by atoms with van der Waals surface area (Å²) in [5.74, 6) is 0.170. The van der Waals surface area contributed by atoms with Gasteiger partial charge in [0.2, 0.25) is 5.91 Å². The molecule has 1 saturated carbocycles. The second-order valence-corrected chi connectivity index (χ2v) is 6.15. The van der Waals surface area contributed by atoms with Crippen LogP contribution in [-0.2, 0) is 4.79 Å². The first-order valence-electron chi connectivity index (χ1n) is 5.68. The molecule has 1 fully saturated rings. The van der Waals surface area contributed by atoms with Gasteiger partial charge in [-0.25, -0.2) is 0 Å². The van der Waals surface area contributed by atoms with Crippen LogP contribution in [0.2, 0.25) is 0 Å². The van der Waals surface area contributed by atoms with E-state index >= 15 is 0 Å². The molecule has 4 heteroatoms. The molecule has 0 aromatic rings. The van der Waals surface area contributed by atoms with E-state index in [9.17, 15) is 4.79 Å². The molecule has 1 rings (SSSR count). The Hall–Kier alpha value is -0.280. The predicted octanol–water partition coefficient (Wildman–Crippen LogP) is 1.94. The van der Waals surface area contributed by atoms with Gasteiger partial charge in [0.15, 0.2) is 0 Å². The molecule has 1 aliphatic carbocycles. The Kier molecular flexibility index (Phi) is 4.46. The summed E-state index contributed by atoms with van der Waals surface area (Å²) in [4.78, 5) is 11.8. The number of nitrogens with two attached hydrogens (primary N) is 1. The van der Waals surface area contributed by atoms with Gasteiger partial charge in [0, 0.05) is 6.04 Å². The van der Waals surface area contributed by atoms with E-state index in [1.54, 1.807) is 0 Å². The van der Waals surface area contributed by atoms with Crippen LogP contribution in [0.3, 0.4) is 0 Å². The number of hydrogen-bond acceptors (Lipinski definition) is 2. The number of amides is 1. The summed E-state index contributed by atoms with van der Waals surface area (Å²) in [5, 5.41) is 3.05. The highest BCUT2D eigenvalue weighted by molar-refractivity contribution is 5.85. The Labute approximate surface area is 105 Å². The molecular formula is C12H25ClN2O. The van der Waals surface area contributed by atoms with Gasteiger partial charge >= 0.3 is 0 Å². The largest absolute Gasteiger partial charge is 0.351 e. The van der Waals surface area contributed by atoms with Gasteiger partial charge < -0.3 is 11.1 Å². The molecule has 1 aliphatic rings. The highest BCUT2D eigenvalue weighted by Crippen LogP contribution is 2.62. The second-order valence-electron chi connectivity index (χ2n) is 6.15. The molecule has 0 unspecified atom stereocenters. The summed E-state index contributed by atoms with van der Waals surface area (Å²) < 4.78 is 0. The van der Waals surface area contributed by atoms with Crippen LogP contribution in [0.4, 0.5) is 0 Å². The van der Waals surface area contributed by atoms with Gasteiger partial charge in [-0.2, -0.15) is 0 Å². The number of carbonyl (C=O) groups excluding carboxylic acids is 1. The van der Waals surface area contributed by atoms with Crippen LogP contribution in [0.5, 0.6) is 0 Å². The van der Waals surface area contributed by atoms with E-state index in [-0.39, 0.29) is 41.1 Å². The zero-order valence-corrected chi connectivity index (χ0v) is 11.9. The Balaban J connectivity index is 0.00000225. The quantitative estimate of drug-likeness (QED) is 0.802. The van der Waals surface area contributed by atoms with Crippen molar-refractivity contribution in [3.8, 4) is 0 Å². The van der Waals surface area contributed by atoms with Crippen LogP contribution in [-0.4, -0.2) is 18.0 Å². The fraction of sp³-hybridized carbons (Fsp3) is 0.917. The lowest BCUT2D eigenvalue weighted by atomic mass is 10.0. The van der Waals surface area contributed by atoms with E-state index in [1.165, 1.54) is 0 Å². The molecule has 0 aromatic carbocycles. The highest BCUT2D eigenvalue weighted by atomic mass is 35.5. The standard InChI is InChI=1S/C12H24N2O.ClH/c1-7(2)8(13)9(15)14-10-11(3,4)12(10,5)6;/h7-8,10H,13H2,1-6H3,(H,14,15);1H/t8-;/m0./s1. The average Bonchev–Trinajstić information content (AvgIpc) is 2.46. The summed E-state index contributed by atoms with van der Waals surface area (Å²) in [7, 11) is 0. The van der Waals surface area contributed by atoms with Crippen LogP contribution in [0.1, 0.15) is 41.5 Å². The number of halogens is 1. The topological polar surface area (TPSA) is 55.1 Å². The molecule has 1 atom stereocenters. The van der Waals surface area contributed by atoms with E-state index in [4.69, 9.17) is 5.73 Å². The van der Waals surface area contributed by atoms with Gasteiger partial charge in [-0.15, -0.1) is 12.4 Å². The van der Waals surface area contributed by atoms with Gasteiger partial charge in [-0.05, 0) is 16.7 Å². The van der Waals surface area contributed by atoms with Crippen LogP contribution < -0.4 is 11.1 Å². The molecule has 0 heterocycles. The van der Waals surface area contributed by atoms with E-state index in [1.807, 2.05) is 13.8 Å². The Morgan fingerprint density at radius 1 is 1.19 bits per heavy atom. The monoisotopic (exact) mass is 248 g/mol. The molecule has 0 radical (unpaired) electrons. The Morgan fingerprint density at radius 2 is 1.56 bits per heavy atom. The van der Waals surface area contributed by atoms with Crippen molar-refractivity contribution >= 4 is 18.3 Å². The summed E-state index contributed by atoms with van der Waals surface area (Å²) in [6, 6.07) is -0.139. The lowest BCUT2D eigenvalue weighted by Crippen LogP contribution is -2.46.